The van der Waals surface area contributed by atoms with Gasteiger partial charge in [-0.05, 0) is 55.5 Å². The van der Waals surface area contributed by atoms with Gasteiger partial charge in [0.2, 0.25) is 0 Å². The predicted octanol–water partition coefficient (Wildman–Crippen LogP) is 2.79. The van der Waals surface area contributed by atoms with E-state index >= 15 is 0 Å². The lowest BCUT2D eigenvalue weighted by molar-refractivity contribution is -0.127. The van der Waals surface area contributed by atoms with Gasteiger partial charge in [-0.25, -0.2) is 13.4 Å². The van der Waals surface area contributed by atoms with Crippen LogP contribution in [0.2, 0.25) is 0 Å². The molecule has 0 fully saturated rings. The number of hydrogen-bond acceptors (Lipinski definition) is 9. The number of rotatable bonds is 6. The maximum atomic E-state index is 12.6. The van der Waals surface area contributed by atoms with Crippen LogP contribution in [0.4, 0.5) is 11.5 Å². The normalized spacial score (nSPS) is 16.2. The Hall–Kier alpha value is -4.32. The van der Waals surface area contributed by atoms with E-state index < -0.39 is 27.9 Å². The second-order valence-electron chi connectivity index (χ2n) is 6.87. The molecular formula is C21H17N7O4S. The number of nitrogens with zero attached hydrogens (tertiary/aromatic N) is 6. The molecule has 11 nitrogen and oxygen atoms in total. The summed E-state index contributed by atoms with van der Waals surface area (Å²) in [6, 6.07) is 12.5. The molecule has 0 saturated carbocycles. The quantitative estimate of drug-likeness (QED) is 0.439. The molecule has 0 aliphatic carbocycles. The third-order valence-corrected chi connectivity index (χ3v) is 5.91. The third kappa shape index (κ3) is 4.80. The van der Waals surface area contributed by atoms with Gasteiger partial charge >= 0.3 is 0 Å². The average Bonchev–Trinajstić information content (AvgIpc) is 3.11. The average molecular weight is 463 g/mol. The fraction of sp³-hybridized carbons (Fsp3) is 0.0952. The molecular weight excluding hydrogens is 446 g/mol. The Labute approximate surface area is 189 Å². The van der Waals surface area contributed by atoms with Crippen molar-refractivity contribution in [2.45, 2.75) is 17.9 Å². The molecule has 3 heterocycles. The number of aromatic nitrogens is 2. The molecule has 166 valence electrons. The summed E-state index contributed by atoms with van der Waals surface area (Å²) < 4.78 is 27.3. The number of anilines is 1. The van der Waals surface area contributed by atoms with E-state index in [9.17, 15) is 18.0 Å². The summed E-state index contributed by atoms with van der Waals surface area (Å²) in [5, 5.41) is 12.8. The van der Waals surface area contributed by atoms with Crippen molar-refractivity contribution >= 4 is 39.1 Å². The van der Waals surface area contributed by atoms with E-state index in [1.54, 1.807) is 25.1 Å². The number of carbonyl (C=O) groups is 2. The first kappa shape index (κ1) is 21.9. The van der Waals surface area contributed by atoms with Crippen LogP contribution < -0.4 is 4.72 Å². The Morgan fingerprint density at radius 1 is 1.06 bits per heavy atom. The molecule has 12 heteroatoms. The standard InChI is InChI=1S/C21H17N7O4S/c1-14-19(21(30)28(26-14)20(29)15-5-4-11-22-13-15)25-24-16-7-9-17(10-8-16)33(31,32)27-18-6-2-3-12-23-18/h2-13,19H,1H3,(H,23,27)/t19-/m1/s1. The lowest BCUT2D eigenvalue weighted by atomic mass is 10.2. The van der Waals surface area contributed by atoms with Gasteiger partial charge in [0.1, 0.15) is 5.82 Å². The van der Waals surface area contributed by atoms with Gasteiger partial charge in [-0.1, -0.05) is 6.07 Å². The van der Waals surface area contributed by atoms with Crippen molar-refractivity contribution < 1.29 is 18.0 Å². The zero-order valence-electron chi connectivity index (χ0n) is 17.2. The topological polar surface area (TPSA) is 146 Å². The number of benzene rings is 1. The summed E-state index contributed by atoms with van der Waals surface area (Å²) in [4.78, 5) is 32.9. The highest BCUT2D eigenvalue weighted by Crippen LogP contribution is 2.21. The summed E-state index contributed by atoms with van der Waals surface area (Å²) in [7, 11) is -3.83. The Balaban J connectivity index is 1.45. The summed E-state index contributed by atoms with van der Waals surface area (Å²) in [6.45, 7) is 1.57. The van der Waals surface area contributed by atoms with E-state index in [-0.39, 0.29) is 16.3 Å². The van der Waals surface area contributed by atoms with Crippen molar-refractivity contribution in [1.29, 1.82) is 0 Å². The first-order valence-corrected chi connectivity index (χ1v) is 11.1. The number of carbonyl (C=O) groups excluding carboxylic acids is 2. The van der Waals surface area contributed by atoms with Crippen LogP contribution in [0.15, 0.2) is 93.4 Å². The zero-order valence-corrected chi connectivity index (χ0v) is 18.0. The first-order valence-electron chi connectivity index (χ1n) is 9.63. The second kappa shape index (κ2) is 9.04. The van der Waals surface area contributed by atoms with Gasteiger partial charge in [0.05, 0.1) is 21.9 Å². The number of hydrogen-bond donors (Lipinski definition) is 1. The number of imide groups is 1. The molecule has 2 aromatic heterocycles. The molecule has 3 aromatic rings. The predicted molar refractivity (Wildman–Crippen MR) is 118 cm³/mol. The molecule has 1 atom stereocenters. The highest BCUT2D eigenvalue weighted by atomic mass is 32.2. The molecule has 0 unspecified atom stereocenters. The molecule has 1 aliphatic rings. The molecule has 0 radical (unpaired) electrons. The van der Waals surface area contributed by atoms with E-state index in [2.05, 4.69) is 30.0 Å². The minimum Gasteiger partial charge on any atom is -0.269 e. The smallest absolute Gasteiger partial charge is 0.269 e. The Morgan fingerprint density at radius 2 is 1.85 bits per heavy atom. The Kier molecular flexibility index (Phi) is 6.00. The molecule has 2 amide bonds. The largest absolute Gasteiger partial charge is 0.282 e. The van der Waals surface area contributed by atoms with Crippen LogP contribution in [0, 0.1) is 0 Å². The van der Waals surface area contributed by atoms with Gasteiger partial charge < -0.3 is 0 Å². The zero-order chi connectivity index (χ0) is 23.4. The van der Waals surface area contributed by atoms with Crippen LogP contribution in [0.3, 0.4) is 0 Å². The summed E-state index contributed by atoms with van der Waals surface area (Å²) >= 11 is 0. The molecule has 1 N–H and O–H groups in total. The highest BCUT2D eigenvalue weighted by Gasteiger charge is 2.38. The monoisotopic (exact) mass is 463 g/mol. The Morgan fingerprint density at radius 3 is 2.52 bits per heavy atom. The summed E-state index contributed by atoms with van der Waals surface area (Å²) in [5.41, 5.74) is 0.847. The van der Waals surface area contributed by atoms with E-state index in [4.69, 9.17) is 0 Å². The van der Waals surface area contributed by atoms with Gasteiger partial charge in [0.15, 0.2) is 6.04 Å². The van der Waals surface area contributed by atoms with Gasteiger partial charge in [-0.2, -0.15) is 20.3 Å². The fourth-order valence-corrected chi connectivity index (χ4v) is 3.89. The maximum Gasteiger partial charge on any atom is 0.282 e. The van der Waals surface area contributed by atoms with Crippen LogP contribution in [-0.2, 0) is 14.8 Å². The minimum atomic E-state index is -3.83. The second-order valence-corrected chi connectivity index (χ2v) is 8.55. The van der Waals surface area contributed by atoms with Crippen LogP contribution in [-0.4, -0.2) is 47.0 Å². The van der Waals surface area contributed by atoms with Crippen LogP contribution >= 0.6 is 0 Å². The van der Waals surface area contributed by atoms with Crippen LogP contribution in [0.25, 0.3) is 0 Å². The van der Waals surface area contributed by atoms with Gasteiger partial charge in [-0.3, -0.25) is 19.3 Å². The Bertz CT molecular complexity index is 1340. The summed E-state index contributed by atoms with van der Waals surface area (Å²) in [5.74, 6) is -1.05. The van der Waals surface area contributed by atoms with Crippen molar-refractivity contribution in [2.75, 3.05) is 4.72 Å². The third-order valence-electron chi connectivity index (χ3n) is 4.54. The summed E-state index contributed by atoms with van der Waals surface area (Å²) in [6.07, 6.45) is 4.33. The lowest BCUT2D eigenvalue weighted by Gasteiger charge is -2.10. The molecule has 0 saturated heterocycles. The van der Waals surface area contributed by atoms with Gasteiger partial charge in [0, 0.05) is 18.6 Å². The van der Waals surface area contributed by atoms with E-state index in [0.717, 1.165) is 5.01 Å². The van der Waals surface area contributed by atoms with Crippen molar-refractivity contribution in [3.05, 3.63) is 78.8 Å². The molecule has 4 rings (SSSR count). The van der Waals surface area contributed by atoms with Crippen LogP contribution in [0.5, 0.6) is 0 Å². The lowest BCUT2D eigenvalue weighted by Crippen LogP contribution is -2.34. The number of amides is 2. The van der Waals surface area contributed by atoms with Gasteiger partial charge in [0.25, 0.3) is 21.8 Å². The number of hydrazone groups is 1. The first-order chi connectivity index (χ1) is 15.8. The van der Waals surface area contributed by atoms with Crippen molar-refractivity contribution in [2.24, 2.45) is 15.3 Å². The SMILES string of the molecule is CC1=NN(C(=O)c2cccnc2)C(=O)[C@@H]1N=Nc1ccc(S(=O)(=O)Nc2ccccn2)cc1. The van der Waals surface area contributed by atoms with Crippen LogP contribution in [0.1, 0.15) is 17.3 Å². The molecule has 1 aliphatic heterocycles. The number of pyridine rings is 2. The fourth-order valence-electron chi connectivity index (χ4n) is 2.88. The van der Waals surface area contributed by atoms with Crippen molar-refractivity contribution in [3.8, 4) is 0 Å². The molecule has 0 bridgehead atoms. The minimum absolute atomic E-state index is 0.00929. The highest BCUT2D eigenvalue weighted by molar-refractivity contribution is 7.92. The van der Waals surface area contributed by atoms with Crippen molar-refractivity contribution in [1.82, 2.24) is 15.0 Å². The van der Waals surface area contributed by atoms with E-state index in [1.165, 1.54) is 55.0 Å². The van der Waals surface area contributed by atoms with Gasteiger partial charge in [-0.15, -0.1) is 0 Å². The van der Waals surface area contributed by atoms with Crippen molar-refractivity contribution in [3.63, 3.8) is 0 Å². The number of sulfonamides is 1. The molecule has 33 heavy (non-hydrogen) atoms. The number of azo groups is 1. The molecule has 1 aromatic carbocycles. The maximum absolute atomic E-state index is 12.6. The molecule has 0 spiro atoms. The van der Waals surface area contributed by atoms with E-state index in [0.29, 0.717) is 11.4 Å². The van der Waals surface area contributed by atoms with E-state index in [1.807, 2.05) is 0 Å². The number of nitrogens with one attached hydrogen (secondary N) is 1.